The number of aliphatic carboxylic acids is 1. The van der Waals surface area contributed by atoms with Gasteiger partial charge >= 0.3 is 5.97 Å². The van der Waals surface area contributed by atoms with Crippen molar-refractivity contribution in [2.45, 2.75) is 18.4 Å². The SMILES string of the molecule is O=C(O)C1(Nc2cc(Br)c(F)cc2[N+](=O)[O-])CCOCC1. The molecule has 9 heteroatoms. The van der Waals surface area contributed by atoms with E-state index in [1.807, 2.05) is 0 Å². The number of carbonyl (C=O) groups is 1. The summed E-state index contributed by atoms with van der Waals surface area (Å²) in [6.07, 6.45) is 0.322. The monoisotopic (exact) mass is 362 g/mol. The van der Waals surface area contributed by atoms with Gasteiger partial charge in [-0.3, -0.25) is 10.1 Å². The lowest BCUT2D eigenvalue weighted by Crippen LogP contribution is -2.50. The fourth-order valence-corrected chi connectivity index (χ4v) is 2.50. The zero-order valence-corrected chi connectivity index (χ0v) is 12.4. The summed E-state index contributed by atoms with van der Waals surface area (Å²) >= 11 is 2.94. The van der Waals surface area contributed by atoms with E-state index in [0.717, 1.165) is 6.07 Å². The zero-order valence-electron chi connectivity index (χ0n) is 10.8. The molecule has 2 rings (SSSR count). The van der Waals surface area contributed by atoms with Crippen LogP contribution in [0.4, 0.5) is 15.8 Å². The van der Waals surface area contributed by atoms with Gasteiger partial charge in [0.1, 0.15) is 17.0 Å². The molecule has 1 fully saturated rings. The minimum atomic E-state index is -1.36. The maximum absolute atomic E-state index is 13.4. The molecule has 0 unspecified atom stereocenters. The summed E-state index contributed by atoms with van der Waals surface area (Å²) in [6.45, 7) is 0.463. The molecule has 2 N–H and O–H groups in total. The fourth-order valence-electron chi connectivity index (χ4n) is 2.16. The molecule has 0 saturated carbocycles. The second-order valence-electron chi connectivity index (χ2n) is 4.67. The molecule has 1 saturated heterocycles. The molecule has 114 valence electrons. The molecule has 1 aliphatic heterocycles. The third-order valence-electron chi connectivity index (χ3n) is 3.36. The highest BCUT2D eigenvalue weighted by molar-refractivity contribution is 9.10. The number of rotatable bonds is 4. The first kappa shape index (κ1) is 15.6. The van der Waals surface area contributed by atoms with E-state index < -0.39 is 27.9 Å². The van der Waals surface area contributed by atoms with Gasteiger partial charge in [-0.2, -0.15) is 0 Å². The molecule has 21 heavy (non-hydrogen) atoms. The van der Waals surface area contributed by atoms with Gasteiger partial charge in [0.15, 0.2) is 0 Å². The Bertz CT molecular complexity index is 589. The third kappa shape index (κ3) is 3.13. The maximum atomic E-state index is 13.4. The van der Waals surface area contributed by atoms with Crippen LogP contribution in [0.3, 0.4) is 0 Å². The average Bonchev–Trinajstić information content (AvgIpc) is 2.43. The van der Waals surface area contributed by atoms with Gasteiger partial charge in [-0.15, -0.1) is 0 Å². The van der Waals surface area contributed by atoms with E-state index in [1.165, 1.54) is 6.07 Å². The Hall–Kier alpha value is -1.74. The molecule has 7 nitrogen and oxygen atoms in total. The number of nitro benzene ring substituents is 1. The van der Waals surface area contributed by atoms with Gasteiger partial charge in [0.25, 0.3) is 5.69 Å². The lowest BCUT2D eigenvalue weighted by molar-refractivity contribution is -0.384. The normalized spacial score (nSPS) is 17.2. The molecular weight excluding hydrogens is 351 g/mol. The molecule has 0 aromatic heterocycles. The van der Waals surface area contributed by atoms with Crippen LogP contribution in [0.5, 0.6) is 0 Å². The van der Waals surface area contributed by atoms with E-state index in [2.05, 4.69) is 21.2 Å². The predicted molar refractivity (Wildman–Crippen MR) is 74.8 cm³/mol. The quantitative estimate of drug-likeness (QED) is 0.630. The fraction of sp³-hybridized carbons (Fsp3) is 0.417. The van der Waals surface area contributed by atoms with Crippen molar-refractivity contribution in [2.24, 2.45) is 0 Å². The first-order valence-electron chi connectivity index (χ1n) is 6.08. The molecule has 0 atom stereocenters. The zero-order chi connectivity index (χ0) is 15.6. The first-order valence-corrected chi connectivity index (χ1v) is 6.88. The summed E-state index contributed by atoms with van der Waals surface area (Å²) < 4.78 is 18.6. The number of ether oxygens (including phenoxy) is 1. The van der Waals surface area contributed by atoms with Crippen LogP contribution in [0.15, 0.2) is 16.6 Å². The number of carboxylic acid groups (broad SMARTS) is 1. The Morgan fingerprint density at radius 3 is 2.62 bits per heavy atom. The van der Waals surface area contributed by atoms with Crippen molar-refractivity contribution in [3.8, 4) is 0 Å². The summed E-state index contributed by atoms with van der Waals surface area (Å²) in [5, 5.41) is 23.1. The van der Waals surface area contributed by atoms with Crippen LogP contribution in [0.25, 0.3) is 0 Å². The number of hydrogen-bond donors (Lipinski definition) is 2. The third-order valence-corrected chi connectivity index (χ3v) is 3.97. The summed E-state index contributed by atoms with van der Waals surface area (Å²) in [5.41, 5.74) is -1.92. The van der Waals surface area contributed by atoms with Crippen LogP contribution in [0.1, 0.15) is 12.8 Å². The smallest absolute Gasteiger partial charge is 0.329 e. The largest absolute Gasteiger partial charge is 0.480 e. The van der Waals surface area contributed by atoms with Crippen LogP contribution in [0, 0.1) is 15.9 Å². The molecule has 0 radical (unpaired) electrons. The molecule has 1 aliphatic rings. The molecule has 0 bridgehead atoms. The summed E-state index contributed by atoms with van der Waals surface area (Å²) in [7, 11) is 0. The van der Waals surface area contributed by atoms with Gasteiger partial charge in [-0.1, -0.05) is 0 Å². The number of carboxylic acids is 1. The van der Waals surface area contributed by atoms with E-state index in [9.17, 15) is 24.4 Å². The van der Waals surface area contributed by atoms with Crippen molar-refractivity contribution in [3.63, 3.8) is 0 Å². The second kappa shape index (κ2) is 5.94. The van der Waals surface area contributed by atoms with Crippen LogP contribution >= 0.6 is 15.9 Å². The van der Waals surface area contributed by atoms with Gasteiger partial charge < -0.3 is 15.2 Å². The van der Waals surface area contributed by atoms with Gasteiger partial charge in [0.05, 0.1) is 15.5 Å². The number of nitrogens with one attached hydrogen (secondary N) is 1. The van der Waals surface area contributed by atoms with Gasteiger partial charge in [0, 0.05) is 26.1 Å². The number of anilines is 1. The highest BCUT2D eigenvalue weighted by Crippen LogP contribution is 2.35. The highest BCUT2D eigenvalue weighted by atomic mass is 79.9. The molecule has 0 spiro atoms. The lowest BCUT2D eigenvalue weighted by atomic mass is 9.89. The summed E-state index contributed by atoms with van der Waals surface area (Å²) in [5.74, 6) is -1.91. The number of nitro groups is 1. The van der Waals surface area contributed by atoms with E-state index in [4.69, 9.17) is 4.74 Å². The molecule has 0 aliphatic carbocycles. The van der Waals surface area contributed by atoms with Crippen molar-refractivity contribution >= 4 is 33.3 Å². The molecule has 1 aromatic carbocycles. The molecular formula is C12H12BrFN2O5. The number of halogens is 2. The van der Waals surface area contributed by atoms with E-state index in [0.29, 0.717) is 0 Å². The highest BCUT2D eigenvalue weighted by Gasteiger charge is 2.41. The van der Waals surface area contributed by atoms with Crippen molar-refractivity contribution in [2.75, 3.05) is 18.5 Å². The summed E-state index contributed by atoms with van der Waals surface area (Å²) in [6, 6.07) is 1.93. The average molecular weight is 363 g/mol. The molecule has 1 aromatic rings. The van der Waals surface area contributed by atoms with Crippen molar-refractivity contribution in [1.29, 1.82) is 0 Å². The lowest BCUT2D eigenvalue weighted by Gasteiger charge is -2.34. The standard InChI is InChI=1S/C12H12BrFN2O5/c13-7-5-9(10(16(19)20)6-8(7)14)15-12(11(17)18)1-3-21-4-2-12/h5-6,15H,1-4H2,(H,17,18). The van der Waals surface area contributed by atoms with Crippen molar-refractivity contribution in [3.05, 3.63) is 32.5 Å². The van der Waals surface area contributed by atoms with Crippen LogP contribution in [-0.2, 0) is 9.53 Å². The van der Waals surface area contributed by atoms with Crippen molar-refractivity contribution < 1.29 is 24.0 Å². The predicted octanol–water partition coefficient (Wildman–Crippen LogP) is 2.54. The Kier molecular flexibility index (Phi) is 4.43. The Labute approximate surface area is 127 Å². The second-order valence-corrected chi connectivity index (χ2v) is 5.52. The van der Waals surface area contributed by atoms with Gasteiger partial charge in [0.2, 0.25) is 0 Å². The van der Waals surface area contributed by atoms with Gasteiger partial charge in [-0.25, -0.2) is 9.18 Å². The molecule has 0 amide bonds. The maximum Gasteiger partial charge on any atom is 0.329 e. The first-order chi connectivity index (χ1) is 9.85. The van der Waals surface area contributed by atoms with E-state index >= 15 is 0 Å². The summed E-state index contributed by atoms with van der Waals surface area (Å²) in [4.78, 5) is 21.8. The van der Waals surface area contributed by atoms with E-state index in [1.54, 1.807) is 0 Å². The van der Waals surface area contributed by atoms with Crippen LogP contribution in [0.2, 0.25) is 0 Å². The Balaban J connectivity index is 2.43. The molecule has 1 heterocycles. The van der Waals surface area contributed by atoms with Crippen molar-refractivity contribution in [1.82, 2.24) is 0 Å². The topological polar surface area (TPSA) is 102 Å². The van der Waals surface area contributed by atoms with Crippen LogP contribution < -0.4 is 5.32 Å². The number of benzene rings is 1. The minimum absolute atomic E-state index is 0.0169. The minimum Gasteiger partial charge on any atom is -0.480 e. The Morgan fingerprint density at radius 2 is 2.10 bits per heavy atom. The number of nitrogens with zero attached hydrogens (tertiary/aromatic N) is 1. The van der Waals surface area contributed by atoms with Gasteiger partial charge in [-0.05, 0) is 22.0 Å². The Morgan fingerprint density at radius 1 is 1.48 bits per heavy atom. The van der Waals surface area contributed by atoms with Crippen LogP contribution in [-0.4, -0.2) is 34.8 Å². The van der Waals surface area contributed by atoms with E-state index in [-0.39, 0.29) is 36.2 Å². The number of hydrogen-bond acceptors (Lipinski definition) is 5.